The maximum atomic E-state index is 5.39. The van der Waals surface area contributed by atoms with Crippen molar-refractivity contribution in [1.82, 2.24) is 5.43 Å². The molecule has 26 heavy (non-hydrogen) atoms. The standard InChI is InChI=1S/C19H23N3O3S/c1-12-6-8-16(23-3)15(10-12)13(2)21-22-19(26)20-14-7-9-17(24-4)18(11-14)25-5/h6-11H,1-5H3,(H2,20,22,26)/b21-13-. The first-order valence-corrected chi connectivity index (χ1v) is 8.37. The molecular formula is C19H23N3O3S. The molecule has 2 aromatic carbocycles. The maximum Gasteiger partial charge on any atom is 0.191 e. The predicted molar refractivity (Wildman–Crippen MR) is 109 cm³/mol. The average molecular weight is 373 g/mol. The quantitative estimate of drug-likeness (QED) is 0.457. The summed E-state index contributed by atoms with van der Waals surface area (Å²) in [5.41, 5.74) is 6.41. The molecule has 0 spiro atoms. The molecule has 7 heteroatoms. The van der Waals surface area contributed by atoms with Crippen molar-refractivity contribution in [2.75, 3.05) is 26.6 Å². The van der Waals surface area contributed by atoms with E-state index < -0.39 is 0 Å². The smallest absolute Gasteiger partial charge is 0.191 e. The van der Waals surface area contributed by atoms with E-state index in [1.807, 2.05) is 38.1 Å². The van der Waals surface area contributed by atoms with Gasteiger partial charge in [-0.25, -0.2) is 0 Å². The first-order chi connectivity index (χ1) is 12.5. The van der Waals surface area contributed by atoms with E-state index in [2.05, 4.69) is 15.8 Å². The van der Waals surface area contributed by atoms with E-state index in [0.29, 0.717) is 16.6 Å². The van der Waals surface area contributed by atoms with Crippen LogP contribution in [-0.2, 0) is 0 Å². The molecule has 138 valence electrons. The van der Waals surface area contributed by atoms with E-state index >= 15 is 0 Å². The van der Waals surface area contributed by atoms with Gasteiger partial charge in [0, 0.05) is 17.3 Å². The van der Waals surface area contributed by atoms with Crippen LogP contribution in [0, 0.1) is 6.92 Å². The van der Waals surface area contributed by atoms with Gasteiger partial charge in [0.15, 0.2) is 16.6 Å². The van der Waals surface area contributed by atoms with Crippen LogP contribution in [0.1, 0.15) is 18.1 Å². The molecule has 0 aliphatic rings. The van der Waals surface area contributed by atoms with Crippen LogP contribution in [0.25, 0.3) is 0 Å². The van der Waals surface area contributed by atoms with Gasteiger partial charge in [-0.1, -0.05) is 11.6 Å². The van der Waals surface area contributed by atoms with E-state index in [1.165, 1.54) is 0 Å². The van der Waals surface area contributed by atoms with Crippen molar-refractivity contribution in [3.63, 3.8) is 0 Å². The van der Waals surface area contributed by atoms with Crippen LogP contribution in [0.5, 0.6) is 17.2 Å². The molecule has 6 nitrogen and oxygen atoms in total. The molecule has 0 radical (unpaired) electrons. The molecule has 2 aromatic rings. The average Bonchev–Trinajstić information content (AvgIpc) is 2.65. The highest BCUT2D eigenvalue weighted by atomic mass is 32.1. The van der Waals surface area contributed by atoms with Gasteiger partial charge in [0.25, 0.3) is 0 Å². The summed E-state index contributed by atoms with van der Waals surface area (Å²) in [7, 11) is 4.81. The summed E-state index contributed by atoms with van der Waals surface area (Å²) in [6, 6.07) is 11.4. The Hall–Kier alpha value is -2.80. The van der Waals surface area contributed by atoms with E-state index in [0.717, 1.165) is 28.3 Å². The molecule has 0 heterocycles. The number of anilines is 1. The van der Waals surface area contributed by atoms with Gasteiger partial charge in [-0.05, 0) is 50.3 Å². The molecule has 0 saturated carbocycles. The van der Waals surface area contributed by atoms with E-state index in [1.54, 1.807) is 33.5 Å². The van der Waals surface area contributed by atoms with Gasteiger partial charge < -0.3 is 19.5 Å². The zero-order valence-corrected chi connectivity index (χ0v) is 16.4. The highest BCUT2D eigenvalue weighted by Crippen LogP contribution is 2.29. The van der Waals surface area contributed by atoms with Crippen molar-refractivity contribution in [2.45, 2.75) is 13.8 Å². The van der Waals surface area contributed by atoms with Crippen LogP contribution in [0.15, 0.2) is 41.5 Å². The number of nitrogens with one attached hydrogen (secondary N) is 2. The lowest BCUT2D eigenvalue weighted by Gasteiger charge is -2.12. The Kier molecular flexibility index (Phi) is 6.80. The molecule has 0 amide bonds. The molecule has 0 aromatic heterocycles. The Morgan fingerprint density at radius 1 is 0.923 bits per heavy atom. The number of rotatable bonds is 6. The van der Waals surface area contributed by atoms with E-state index in [9.17, 15) is 0 Å². The summed E-state index contributed by atoms with van der Waals surface area (Å²) in [5.74, 6) is 2.03. The van der Waals surface area contributed by atoms with Crippen molar-refractivity contribution >= 4 is 28.7 Å². The van der Waals surface area contributed by atoms with Crippen LogP contribution in [0.4, 0.5) is 5.69 Å². The summed E-state index contributed by atoms with van der Waals surface area (Å²) in [6.45, 7) is 3.91. The third-order valence-corrected chi connectivity index (χ3v) is 3.90. The van der Waals surface area contributed by atoms with E-state index in [-0.39, 0.29) is 0 Å². The van der Waals surface area contributed by atoms with Crippen LogP contribution < -0.4 is 25.0 Å². The molecule has 0 atom stereocenters. The van der Waals surface area contributed by atoms with Crippen LogP contribution in [-0.4, -0.2) is 32.2 Å². The summed E-state index contributed by atoms with van der Waals surface area (Å²) in [4.78, 5) is 0. The minimum Gasteiger partial charge on any atom is -0.496 e. The molecule has 0 aliphatic carbocycles. The Balaban J connectivity index is 2.08. The number of thiocarbonyl (C=S) groups is 1. The Morgan fingerprint density at radius 2 is 1.58 bits per heavy atom. The second kappa shape index (κ2) is 9.05. The lowest BCUT2D eigenvalue weighted by molar-refractivity contribution is 0.355. The zero-order valence-electron chi connectivity index (χ0n) is 15.5. The third-order valence-electron chi connectivity index (χ3n) is 3.71. The van der Waals surface area contributed by atoms with Crippen LogP contribution >= 0.6 is 12.2 Å². The summed E-state index contributed by atoms with van der Waals surface area (Å²) >= 11 is 5.30. The highest BCUT2D eigenvalue weighted by molar-refractivity contribution is 7.80. The fraction of sp³-hybridized carbons (Fsp3) is 0.263. The summed E-state index contributed by atoms with van der Waals surface area (Å²) in [5, 5.41) is 7.77. The second-order valence-corrected chi connectivity index (χ2v) is 5.94. The number of methoxy groups -OCH3 is 3. The molecule has 0 saturated heterocycles. The predicted octanol–water partition coefficient (Wildman–Crippen LogP) is 3.73. The highest BCUT2D eigenvalue weighted by Gasteiger charge is 2.08. The van der Waals surface area contributed by atoms with Crippen LogP contribution in [0.2, 0.25) is 0 Å². The second-order valence-electron chi connectivity index (χ2n) is 5.54. The van der Waals surface area contributed by atoms with Crippen molar-refractivity contribution in [3.05, 3.63) is 47.5 Å². The Labute approximate surface area is 159 Å². The minimum absolute atomic E-state index is 0.364. The molecule has 0 fully saturated rings. The van der Waals surface area contributed by atoms with Gasteiger partial charge in [0.05, 0.1) is 27.0 Å². The lowest BCUT2D eigenvalue weighted by Crippen LogP contribution is -2.25. The Bertz CT molecular complexity index is 822. The van der Waals surface area contributed by atoms with Crippen molar-refractivity contribution in [3.8, 4) is 17.2 Å². The van der Waals surface area contributed by atoms with Crippen LogP contribution in [0.3, 0.4) is 0 Å². The number of hydrogen-bond acceptors (Lipinski definition) is 5. The van der Waals surface area contributed by atoms with Gasteiger partial charge in [-0.2, -0.15) is 5.10 Å². The summed E-state index contributed by atoms with van der Waals surface area (Å²) < 4.78 is 15.9. The van der Waals surface area contributed by atoms with Gasteiger partial charge in [0.1, 0.15) is 5.75 Å². The Morgan fingerprint density at radius 3 is 2.23 bits per heavy atom. The van der Waals surface area contributed by atoms with E-state index in [4.69, 9.17) is 26.4 Å². The van der Waals surface area contributed by atoms with Gasteiger partial charge >= 0.3 is 0 Å². The fourth-order valence-electron chi connectivity index (χ4n) is 2.37. The first kappa shape index (κ1) is 19.5. The third kappa shape index (κ3) is 4.86. The number of aryl methyl sites for hydroxylation is 1. The topological polar surface area (TPSA) is 64.1 Å². The maximum absolute atomic E-state index is 5.39. The number of hydrazone groups is 1. The van der Waals surface area contributed by atoms with Gasteiger partial charge in [0.2, 0.25) is 0 Å². The molecule has 0 bridgehead atoms. The SMILES string of the molecule is COc1ccc(NC(=S)N/N=C(/C)c2cc(C)ccc2OC)cc1OC. The molecule has 0 aliphatic heterocycles. The molecule has 2 N–H and O–H groups in total. The van der Waals surface area contributed by atoms with Crippen molar-refractivity contribution in [2.24, 2.45) is 5.10 Å². The van der Waals surface area contributed by atoms with Gasteiger partial charge in [-0.3, -0.25) is 5.43 Å². The largest absolute Gasteiger partial charge is 0.496 e. The zero-order chi connectivity index (χ0) is 19.1. The summed E-state index contributed by atoms with van der Waals surface area (Å²) in [6.07, 6.45) is 0. The minimum atomic E-state index is 0.364. The molecular weight excluding hydrogens is 350 g/mol. The normalized spacial score (nSPS) is 10.9. The fourth-order valence-corrected chi connectivity index (χ4v) is 2.54. The molecule has 0 unspecified atom stereocenters. The monoisotopic (exact) mass is 373 g/mol. The van der Waals surface area contributed by atoms with Gasteiger partial charge in [-0.15, -0.1) is 0 Å². The number of hydrogen-bond donors (Lipinski definition) is 2. The van der Waals surface area contributed by atoms with Crippen molar-refractivity contribution in [1.29, 1.82) is 0 Å². The molecule has 2 rings (SSSR count). The van der Waals surface area contributed by atoms with Crippen molar-refractivity contribution < 1.29 is 14.2 Å². The lowest BCUT2D eigenvalue weighted by atomic mass is 10.1. The first-order valence-electron chi connectivity index (χ1n) is 7.96. The number of benzene rings is 2. The number of ether oxygens (including phenoxy) is 3. The number of nitrogens with zero attached hydrogens (tertiary/aromatic N) is 1.